The summed E-state index contributed by atoms with van der Waals surface area (Å²) in [5.74, 6) is -0.676. The zero-order valence-electron chi connectivity index (χ0n) is 16.2. The molecule has 4 N–H and O–H groups in total. The van der Waals surface area contributed by atoms with E-state index in [-0.39, 0.29) is 35.4 Å². The molecule has 29 heavy (non-hydrogen) atoms. The number of amides is 1. The van der Waals surface area contributed by atoms with E-state index < -0.39 is 12.7 Å². The Hall–Kier alpha value is -2.30. The molecule has 4 rings (SSSR count). The molecule has 0 bridgehead atoms. The van der Waals surface area contributed by atoms with Crippen LogP contribution in [-0.2, 0) is 11.2 Å². The number of carboxylic acid groups (broad SMARTS) is 1. The van der Waals surface area contributed by atoms with Crippen molar-refractivity contribution in [3.63, 3.8) is 0 Å². The maximum absolute atomic E-state index is 12.4. The summed E-state index contributed by atoms with van der Waals surface area (Å²) >= 11 is 0. The van der Waals surface area contributed by atoms with Gasteiger partial charge in [-0.25, -0.2) is 4.79 Å². The van der Waals surface area contributed by atoms with E-state index in [9.17, 15) is 24.7 Å². The summed E-state index contributed by atoms with van der Waals surface area (Å²) in [6, 6.07) is 3.25. The van der Waals surface area contributed by atoms with Crippen LogP contribution >= 0.6 is 0 Å². The van der Waals surface area contributed by atoms with Gasteiger partial charge in [0.25, 0.3) is 0 Å². The summed E-state index contributed by atoms with van der Waals surface area (Å²) in [6.07, 6.45) is 2.59. The van der Waals surface area contributed by atoms with E-state index in [2.05, 4.69) is 5.32 Å². The first-order chi connectivity index (χ1) is 13.8. The lowest BCUT2D eigenvalue weighted by Crippen LogP contribution is -2.56. The summed E-state index contributed by atoms with van der Waals surface area (Å²) in [5.41, 5.74) is 0.388. The molecule has 0 saturated carbocycles. The molecule has 0 aliphatic carbocycles. The van der Waals surface area contributed by atoms with E-state index >= 15 is 0 Å². The summed E-state index contributed by atoms with van der Waals surface area (Å²) in [6.45, 7) is -0.350. The number of likely N-dealkylation sites (tertiary alicyclic amines) is 1. The highest BCUT2D eigenvalue weighted by Crippen LogP contribution is 2.39. The van der Waals surface area contributed by atoms with Crippen LogP contribution in [0.25, 0.3) is 0 Å². The van der Waals surface area contributed by atoms with Crippen molar-refractivity contribution in [2.24, 2.45) is 5.92 Å². The lowest BCUT2D eigenvalue weighted by molar-refractivity contribution is -0.141. The smallest absolute Gasteiger partial charge is 0.430 e. The predicted molar refractivity (Wildman–Crippen MR) is 104 cm³/mol. The van der Waals surface area contributed by atoms with Crippen LogP contribution in [0.5, 0.6) is 11.5 Å². The minimum absolute atomic E-state index is 0.0169. The van der Waals surface area contributed by atoms with Crippen molar-refractivity contribution in [3.05, 3.63) is 23.3 Å². The Bertz CT molecular complexity index is 804. The number of carboxylic acids is 1. The van der Waals surface area contributed by atoms with Crippen molar-refractivity contribution in [1.82, 2.24) is 10.2 Å². The van der Waals surface area contributed by atoms with Gasteiger partial charge in [0.1, 0.15) is 17.4 Å². The number of nitrogens with one attached hydrogen (secondary N) is 1. The van der Waals surface area contributed by atoms with Gasteiger partial charge in [-0.05, 0) is 49.9 Å². The van der Waals surface area contributed by atoms with Crippen molar-refractivity contribution in [2.75, 3.05) is 26.2 Å². The van der Waals surface area contributed by atoms with E-state index in [4.69, 9.17) is 9.39 Å². The van der Waals surface area contributed by atoms with Gasteiger partial charge in [-0.3, -0.25) is 4.79 Å². The van der Waals surface area contributed by atoms with Crippen LogP contribution in [0.2, 0.25) is 6.32 Å². The zero-order valence-corrected chi connectivity index (χ0v) is 16.2. The molecule has 9 nitrogen and oxygen atoms in total. The fourth-order valence-corrected chi connectivity index (χ4v) is 4.19. The Balaban J connectivity index is 1.39. The van der Waals surface area contributed by atoms with Crippen LogP contribution in [0.15, 0.2) is 12.1 Å². The molecule has 3 aliphatic rings. The quantitative estimate of drug-likeness (QED) is 0.513. The predicted octanol–water partition coefficient (Wildman–Crippen LogP) is 0.222. The molecule has 1 amide bonds. The first-order valence-electron chi connectivity index (χ1n) is 10.2. The summed E-state index contributed by atoms with van der Waals surface area (Å²) in [5, 5.41) is 32.5. The SMILES string of the molecule is O=C(O)c1c(OC2CN(C(=O)CC3CCNCC3)C2)ccc2c1O[B-](O)(O)CC2. The number of hydrogen-bond donors (Lipinski definition) is 4. The Morgan fingerprint density at radius 1 is 1.24 bits per heavy atom. The van der Waals surface area contributed by atoms with Gasteiger partial charge in [-0.1, -0.05) is 12.4 Å². The number of aryl methyl sites for hydroxylation is 1. The number of aromatic carboxylic acids is 1. The fourth-order valence-electron chi connectivity index (χ4n) is 4.19. The molecule has 158 valence electrons. The summed E-state index contributed by atoms with van der Waals surface area (Å²) in [4.78, 5) is 25.9. The van der Waals surface area contributed by atoms with E-state index in [1.807, 2.05) is 0 Å². The molecular weight excluding hydrogens is 379 g/mol. The number of piperidine rings is 1. The minimum Gasteiger partial charge on any atom is -0.669 e. The number of benzene rings is 1. The van der Waals surface area contributed by atoms with Gasteiger partial charge >= 0.3 is 12.7 Å². The van der Waals surface area contributed by atoms with Crippen molar-refractivity contribution in [1.29, 1.82) is 0 Å². The molecule has 3 heterocycles. The van der Waals surface area contributed by atoms with E-state index in [0.29, 0.717) is 37.4 Å². The highest BCUT2D eigenvalue weighted by Gasteiger charge is 2.36. The Morgan fingerprint density at radius 2 is 1.97 bits per heavy atom. The number of carbonyl (C=O) groups excluding carboxylic acids is 1. The van der Waals surface area contributed by atoms with Crippen molar-refractivity contribution < 1.29 is 34.1 Å². The van der Waals surface area contributed by atoms with Gasteiger partial charge in [0, 0.05) is 6.42 Å². The molecule has 0 spiro atoms. The monoisotopic (exact) mass is 405 g/mol. The Kier molecular flexibility index (Phi) is 5.41. The molecule has 3 aliphatic heterocycles. The number of ether oxygens (including phenoxy) is 1. The fraction of sp³-hybridized carbons (Fsp3) is 0.579. The molecular formula is C19H26BN2O7-. The molecule has 0 unspecified atom stereocenters. The Morgan fingerprint density at radius 3 is 2.66 bits per heavy atom. The summed E-state index contributed by atoms with van der Waals surface area (Å²) in [7, 11) is 0. The third-order valence-electron chi connectivity index (χ3n) is 5.93. The molecule has 0 radical (unpaired) electrons. The maximum Gasteiger partial charge on any atom is 0.430 e. The molecule has 0 atom stereocenters. The first kappa shape index (κ1) is 20.0. The zero-order chi connectivity index (χ0) is 20.6. The van der Waals surface area contributed by atoms with Crippen LogP contribution in [0, 0.1) is 5.92 Å². The van der Waals surface area contributed by atoms with E-state index in [1.165, 1.54) is 0 Å². The van der Waals surface area contributed by atoms with Gasteiger partial charge in [0.2, 0.25) is 5.91 Å². The van der Waals surface area contributed by atoms with Gasteiger partial charge in [0.15, 0.2) is 0 Å². The largest absolute Gasteiger partial charge is 0.669 e. The second-order valence-electron chi connectivity index (χ2n) is 8.18. The van der Waals surface area contributed by atoms with Crippen LogP contribution < -0.4 is 14.7 Å². The van der Waals surface area contributed by atoms with Gasteiger partial charge in [-0.2, -0.15) is 0 Å². The number of nitrogens with zero attached hydrogens (tertiary/aromatic N) is 1. The number of carbonyl (C=O) groups is 2. The van der Waals surface area contributed by atoms with Crippen LogP contribution in [-0.4, -0.2) is 71.0 Å². The van der Waals surface area contributed by atoms with Gasteiger partial charge < -0.3 is 34.8 Å². The van der Waals surface area contributed by atoms with Crippen molar-refractivity contribution in [3.8, 4) is 11.5 Å². The summed E-state index contributed by atoms with van der Waals surface area (Å²) < 4.78 is 11.0. The highest BCUT2D eigenvalue weighted by molar-refractivity contribution is 6.59. The van der Waals surface area contributed by atoms with E-state index in [1.54, 1.807) is 17.0 Å². The number of fused-ring (bicyclic) bond motifs is 1. The molecule has 2 saturated heterocycles. The standard InChI is InChI=1S/C19H26BN2O7/c23-16(9-12-4-7-21-8-5-12)22-10-14(11-22)28-15-2-1-13-3-6-20(26,27)29-18(13)17(15)19(24)25/h1-2,12,14,21,26-27H,3-11H2,(H,24,25)/q-1. The van der Waals surface area contributed by atoms with Crippen LogP contribution in [0.4, 0.5) is 0 Å². The molecule has 10 heteroatoms. The number of hydrogen-bond acceptors (Lipinski definition) is 7. The first-order valence-corrected chi connectivity index (χ1v) is 10.2. The van der Waals surface area contributed by atoms with Gasteiger partial charge in [-0.15, -0.1) is 0 Å². The topological polar surface area (TPSA) is 129 Å². The van der Waals surface area contributed by atoms with Crippen molar-refractivity contribution in [2.45, 2.75) is 38.1 Å². The van der Waals surface area contributed by atoms with E-state index in [0.717, 1.165) is 25.9 Å². The second-order valence-corrected chi connectivity index (χ2v) is 8.18. The maximum atomic E-state index is 12.4. The third-order valence-corrected chi connectivity index (χ3v) is 5.93. The van der Waals surface area contributed by atoms with Crippen LogP contribution in [0.3, 0.4) is 0 Å². The molecule has 2 fully saturated rings. The Labute approximate surface area is 168 Å². The molecule has 0 aromatic heterocycles. The third kappa shape index (κ3) is 4.34. The average Bonchev–Trinajstić information content (AvgIpc) is 2.63. The van der Waals surface area contributed by atoms with Gasteiger partial charge in [0.05, 0.1) is 18.8 Å². The normalized spacial score (nSPS) is 21.7. The minimum atomic E-state index is -3.07. The molecule has 1 aromatic rings. The highest BCUT2D eigenvalue weighted by atomic mass is 16.6. The van der Waals surface area contributed by atoms with Crippen LogP contribution in [0.1, 0.15) is 35.2 Å². The lowest BCUT2D eigenvalue weighted by atomic mass is 9.70. The lowest BCUT2D eigenvalue weighted by Gasteiger charge is -2.41. The van der Waals surface area contributed by atoms with Crippen molar-refractivity contribution >= 4 is 18.6 Å². The second kappa shape index (κ2) is 7.85. The average molecular weight is 405 g/mol. The number of rotatable bonds is 5. The molecule has 1 aromatic carbocycles.